The van der Waals surface area contributed by atoms with Crippen molar-refractivity contribution in [3.05, 3.63) is 123 Å². The molecular formula is C32H28BrCl2SiZr. The zero-order valence-electron chi connectivity index (χ0n) is 21.2. The summed E-state index contributed by atoms with van der Waals surface area (Å²) in [5, 5.41) is 0. The van der Waals surface area contributed by atoms with Gasteiger partial charge in [-0.05, 0) is 52.3 Å². The van der Waals surface area contributed by atoms with Gasteiger partial charge in [-0.1, -0.05) is 108 Å². The van der Waals surface area contributed by atoms with Crippen molar-refractivity contribution in [1.82, 2.24) is 0 Å². The third-order valence-corrected chi connectivity index (χ3v) is 7.52. The summed E-state index contributed by atoms with van der Waals surface area (Å²) in [5.41, 5.74) is 13.8. The minimum atomic E-state index is 0. The van der Waals surface area contributed by atoms with E-state index < -0.39 is 0 Å². The van der Waals surface area contributed by atoms with Crippen LogP contribution < -0.4 is 24.8 Å². The predicted octanol–water partition coefficient (Wildman–Crippen LogP) is 3.22. The third kappa shape index (κ3) is 6.02. The van der Waals surface area contributed by atoms with Gasteiger partial charge in [0.2, 0.25) is 0 Å². The van der Waals surface area contributed by atoms with Gasteiger partial charge in [-0.2, -0.15) is 18.2 Å². The molecule has 0 saturated heterocycles. The van der Waals surface area contributed by atoms with Gasteiger partial charge < -0.3 is 24.8 Å². The molecule has 6 rings (SSSR count). The number of allylic oxidation sites excluding steroid dienone is 1. The normalized spacial score (nSPS) is 13.8. The van der Waals surface area contributed by atoms with Crippen molar-refractivity contribution in [2.45, 2.75) is 38.8 Å². The van der Waals surface area contributed by atoms with Gasteiger partial charge >= 0.3 is 26.2 Å². The largest absolute Gasteiger partial charge is 3.00 e. The monoisotopic (exact) mass is 679 g/mol. The van der Waals surface area contributed by atoms with E-state index in [0.29, 0.717) is 0 Å². The first-order valence-corrected chi connectivity index (χ1v) is 14.8. The Morgan fingerprint density at radius 1 is 0.838 bits per heavy atom. The second-order valence-electron chi connectivity index (χ2n) is 8.91. The van der Waals surface area contributed by atoms with Crippen molar-refractivity contribution in [3.8, 4) is 22.3 Å². The molecule has 4 aromatic rings. The molecule has 2 aliphatic rings. The molecule has 0 N–H and O–H groups in total. The second-order valence-corrected chi connectivity index (χ2v) is 10.8. The summed E-state index contributed by atoms with van der Waals surface area (Å²) in [7, 11) is 1.08. The smallest absolute Gasteiger partial charge is 1.00 e. The Morgan fingerprint density at radius 2 is 1.49 bits per heavy atom. The topological polar surface area (TPSA) is 0 Å². The van der Waals surface area contributed by atoms with E-state index in [-0.39, 0.29) is 56.9 Å². The second kappa shape index (κ2) is 14.2. The molecule has 0 aliphatic heterocycles. The van der Waals surface area contributed by atoms with E-state index in [1.165, 1.54) is 55.6 Å². The fraction of sp³-hybridized carbons (Fsp3) is 0.188. The van der Waals surface area contributed by atoms with E-state index in [2.05, 4.69) is 127 Å². The SMILES string of the molecule is CCC1=Cc2c(-c3ccccc3Br)cccc2C1c1[c-]ccc2c1Cc1ccccc1-2.C[Si]C.[Cl-].[Cl-].[Zr+3]. The molecule has 37 heavy (non-hydrogen) atoms. The van der Waals surface area contributed by atoms with Crippen molar-refractivity contribution in [3.63, 3.8) is 0 Å². The summed E-state index contributed by atoms with van der Waals surface area (Å²) in [4.78, 5) is 0. The molecule has 3 radical (unpaired) electrons. The summed E-state index contributed by atoms with van der Waals surface area (Å²) >= 11 is 3.76. The number of hydrogen-bond acceptors (Lipinski definition) is 0. The van der Waals surface area contributed by atoms with Crippen molar-refractivity contribution < 1.29 is 51.0 Å². The van der Waals surface area contributed by atoms with E-state index in [0.717, 1.165) is 26.8 Å². The van der Waals surface area contributed by atoms with Gasteiger partial charge in [-0.3, -0.25) is 0 Å². The van der Waals surface area contributed by atoms with Crippen LogP contribution in [0.4, 0.5) is 0 Å². The zero-order valence-corrected chi connectivity index (χ0v) is 27.8. The van der Waals surface area contributed by atoms with Gasteiger partial charge in [0.05, 0.1) is 0 Å². The van der Waals surface area contributed by atoms with Crippen LogP contribution in [0.1, 0.15) is 47.1 Å². The number of fused-ring (bicyclic) bond motifs is 4. The maximum atomic E-state index is 3.76. The van der Waals surface area contributed by atoms with Crippen LogP contribution >= 0.6 is 15.9 Å². The molecule has 0 spiro atoms. The summed E-state index contributed by atoms with van der Waals surface area (Å²) in [6, 6.07) is 32.2. The minimum Gasteiger partial charge on any atom is -1.00 e. The quantitative estimate of drug-likeness (QED) is 0.203. The summed E-state index contributed by atoms with van der Waals surface area (Å²) < 4.78 is 1.14. The van der Waals surface area contributed by atoms with Crippen LogP contribution in [0, 0.1) is 6.07 Å². The van der Waals surface area contributed by atoms with Gasteiger partial charge in [-0.15, -0.1) is 16.7 Å². The van der Waals surface area contributed by atoms with Crippen LogP contribution in [0.15, 0.2) is 88.9 Å². The number of benzene rings is 4. The van der Waals surface area contributed by atoms with Crippen LogP contribution in [-0.2, 0) is 32.6 Å². The molecule has 0 saturated carbocycles. The molecule has 4 aromatic carbocycles. The predicted molar refractivity (Wildman–Crippen MR) is 151 cm³/mol. The van der Waals surface area contributed by atoms with Crippen molar-refractivity contribution in [1.29, 1.82) is 0 Å². The Labute approximate surface area is 264 Å². The molecular weight excluding hydrogens is 654 g/mol. The Balaban J connectivity index is 0.000000767. The molecule has 1 atom stereocenters. The fourth-order valence-corrected chi connectivity index (χ4v) is 5.90. The van der Waals surface area contributed by atoms with Crippen LogP contribution in [0.5, 0.6) is 0 Å². The maximum Gasteiger partial charge on any atom is 3.00 e. The molecule has 185 valence electrons. The fourth-order valence-electron chi connectivity index (χ4n) is 5.40. The van der Waals surface area contributed by atoms with Gasteiger partial charge in [0, 0.05) is 19.9 Å². The minimum absolute atomic E-state index is 0. The zero-order chi connectivity index (χ0) is 23.7. The van der Waals surface area contributed by atoms with E-state index in [1.54, 1.807) is 0 Å². The molecule has 1 unspecified atom stereocenters. The molecule has 2 aliphatic carbocycles. The number of halogens is 3. The van der Waals surface area contributed by atoms with E-state index >= 15 is 0 Å². The number of rotatable bonds is 3. The van der Waals surface area contributed by atoms with Gasteiger partial charge in [0.25, 0.3) is 0 Å². The van der Waals surface area contributed by atoms with Crippen LogP contribution in [0.3, 0.4) is 0 Å². The summed E-state index contributed by atoms with van der Waals surface area (Å²) in [6.45, 7) is 6.58. The molecule has 0 fully saturated rings. The Bertz CT molecular complexity index is 1400. The van der Waals surface area contributed by atoms with Crippen LogP contribution in [0.2, 0.25) is 13.1 Å². The van der Waals surface area contributed by atoms with Crippen molar-refractivity contribution >= 4 is 31.5 Å². The average molecular weight is 683 g/mol. The van der Waals surface area contributed by atoms with Crippen LogP contribution in [0.25, 0.3) is 28.3 Å². The first-order valence-electron chi connectivity index (χ1n) is 12.0. The van der Waals surface area contributed by atoms with E-state index in [4.69, 9.17) is 0 Å². The van der Waals surface area contributed by atoms with Gasteiger partial charge in [0.15, 0.2) is 0 Å². The van der Waals surface area contributed by atoms with E-state index in [1.807, 2.05) is 0 Å². The molecule has 0 amide bonds. The average Bonchev–Trinajstić information content (AvgIpc) is 3.43. The standard InChI is InChI=1S/C30H22Br.C2H6Si.2ClH.Zr/c1-2-19-17-27-23(24-11-5-6-16-29(24)31)13-8-15-25(27)30(19)26-14-7-12-22-21-10-4-3-9-20(21)18-28(22)26;1-3-2;;;/h3-13,15-17,30H,2,18H2,1H3;1-2H3;2*1H;/q-1;;;;+3/p-2. The van der Waals surface area contributed by atoms with Crippen molar-refractivity contribution in [2.75, 3.05) is 0 Å². The molecule has 0 nitrogen and oxygen atoms in total. The molecule has 0 aromatic heterocycles. The first-order chi connectivity index (χ1) is 16.7. The third-order valence-electron chi connectivity index (χ3n) is 6.83. The summed E-state index contributed by atoms with van der Waals surface area (Å²) in [6.07, 6.45) is 4.48. The Hall–Kier alpha value is -1.22. The van der Waals surface area contributed by atoms with Gasteiger partial charge in [-0.25, -0.2) is 0 Å². The Kier molecular flexibility index (Phi) is 12.3. The van der Waals surface area contributed by atoms with Crippen molar-refractivity contribution in [2.24, 2.45) is 0 Å². The molecule has 5 heteroatoms. The number of hydrogen-bond donors (Lipinski definition) is 0. The molecule has 0 bridgehead atoms. The molecule has 0 heterocycles. The Morgan fingerprint density at radius 3 is 2.19 bits per heavy atom. The first kappa shape index (κ1) is 32.0. The maximum absolute atomic E-state index is 3.76. The van der Waals surface area contributed by atoms with Gasteiger partial charge in [0.1, 0.15) is 0 Å². The summed E-state index contributed by atoms with van der Waals surface area (Å²) in [5.74, 6) is 0.284. The van der Waals surface area contributed by atoms with Crippen LogP contribution in [-0.4, -0.2) is 9.52 Å². The van der Waals surface area contributed by atoms with E-state index in [9.17, 15) is 0 Å².